The van der Waals surface area contributed by atoms with E-state index in [0.29, 0.717) is 5.41 Å². The fourth-order valence-corrected chi connectivity index (χ4v) is 2.52. The predicted molar refractivity (Wildman–Crippen MR) is 55.2 cm³/mol. The van der Waals surface area contributed by atoms with Gasteiger partial charge in [-0.15, -0.1) is 0 Å². The van der Waals surface area contributed by atoms with Gasteiger partial charge in [-0.05, 0) is 26.3 Å². The number of hydrogen-bond acceptors (Lipinski definition) is 2. The van der Waals surface area contributed by atoms with Crippen molar-refractivity contribution in [2.75, 3.05) is 32.7 Å². The summed E-state index contributed by atoms with van der Waals surface area (Å²) in [4.78, 5) is 13.5. The highest BCUT2D eigenvalue weighted by atomic mass is 16.2. The van der Waals surface area contributed by atoms with E-state index in [1.807, 2.05) is 11.8 Å². The number of nitrogens with one attached hydrogen (secondary N) is 2. The van der Waals surface area contributed by atoms with Crippen LogP contribution in [-0.2, 0) is 0 Å². The molecular formula is C10H19N3O. The molecule has 1 spiro atoms. The molecule has 0 bridgehead atoms. The third kappa shape index (κ3) is 1.71. The van der Waals surface area contributed by atoms with Gasteiger partial charge in [0.15, 0.2) is 0 Å². The second-order valence-electron chi connectivity index (χ2n) is 4.43. The van der Waals surface area contributed by atoms with Gasteiger partial charge in [0.2, 0.25) is 0 Å². The van der Waals surface area contributed by atoms with Crippen LogP contribution in [0.4, 0.5) is 4.79 Å². The van der Waals surface area contributed by atoms with Crippen LogP contribution < -0.4 is 10.6 Å². The molecule has 2 rings (SSSR count). The van der Waals surface area contributed by atoms with Crippen LogP contribution >= 0.6 is 0 Å². The number of rotatable bonds is 1. The summed E-state index contributed by atoms with van der Waals surface area (Å²) in [6.45, 7) is 6.74. The summed E-state index contributed by atoms with van der Waals surface area (Å²) in [6, 6.07) is 0.108. The SMILES string of the molecule is CCNC(=O)N1CCC2(CCNC2)C1. The van der Waals surface area contributed by atoms with Gasteiger partial charge in [-0.25, -0.2) is 4.79 Å². The van der Waals surface area contributed by atoms with Gasteiger partial charge in [0.1, 0.15) is 0 Å². The smallest absolute Gasteiger partial charge is 0.317 e. The van der Waals surface area contributed by atoms with Crippen molar-refractivity contribution in [2.45, 2.75) is 19.8 Å². The Bertz CT molecular complexity index is 223. The molecule has 2 amide bonds. The normalized spacial score (nSPS) is 31.4. The monoisotopic (exact) mass is 197 g/mol. The summed E-state index contributed by atoms with van der Waals surface area (Å²) in [6.07, 6.45) is 2.39. The second kappa shape index (κ2) is 3.77. The second-order valence-corrected chi connectivity index (χ2v) is 4.43. The van der Waals surface area contributed by atoms with Crippen LogP contribution in [0.2, 0.25) is 0 Å². The fourth-order valence-electron chi connectivity index (χ4n) is 2.52. The maximum atomic E-state index is 11.6. The summed E-state index contributed by atoms with van der Waals surface area (Å²) >= 11 is 0. The number of likely N-dealkylation sites (tertiary alicyclic amines) is 1. The summed E-state index contributed by atoms with van der Waals surface area (Å²) < 4.78 is 0. The van der Waals surface area contributed by atoms with E-state index in [-0.39, 0.29) is 6.03 Å². The highest BCUT2D eigenvalue weighted by molar-refractivity contribution is 5.74. The summed E-state index contributed by atoms with van der Waals surface area (Å²) in [7, 11) is 0. The van der Waals surface area contributed by atoms with Crippen molar-refractivity contribution < 1.29 is 4.79 Å². The molecule has 2 heterocycles. The minimum atomic E-state index is 0.108. The van der Waals surface area contributed by atoms with Crippen LogP contribution in [0.25, 0.3) is 0 Å². The van der Waals surface area contributed by atoms with Gasteiger partial charge in [-0.1, -0.05) is 0 Å². The molecule has 80 valence electrons. The lowest BCUT2D eigenvalue weighted by atomic mass is 9.87. The lowest BCUT2D eigenvalue weighted by molar-refractivity contribution is 0.202. The number of carbonyl (C=O) groups excluding carboxylic acids is 1. The van der Waals surface area contributed by atoms with Crippen LogP contribution in [0.3, 0.4) is 0 Å². The molecule has 2 N–H and O–H groups in total. The maximum absolute atomic E-state index is 11.6. The number of urea groups is 1. The molecule has 2 saturated heterocycles. The third-order valence-electron chi connectivity index (χ3n) is 3.39. The number of amides is 2. The van der Waals surface area contributed by atoms with Crippen LogP contribution in [0.1, 0.15) is 19.8 Å². The van der Waals surface area contributed by atoms with Gasteiger partial charge < -0.3 is 15.5 Å². The molecule has 4 heteroatoms. The van der Waals surface area contributed by atoms with E-state index in [2.05, 4.69) is 10.6 Å². The average Bonchev–Trinajstić information content (AvgIpc) is 2.78. The van der Waals surface area contributed by atoms with E-state index in [4.69, 9.17) is 0 Å². The molecule has 14 heavy (non-hydrogen) atoms. The molecule has 0 radical (unpaired) electrons. The zero-order chi connectivity index (χ0) is 10.0. The van der Waals surface area contributed by atoms with Crippen molar-refractivity contribution in [3.8, 4) is 0 Å². The lowest BCUT2D eigenvalue weighted by Crippen LogP contribution is -2.40. The van der Waals surface area contributed by atoms with Crippen LogP contribution in [-0.4, -0.2) is 43.7 Å². The molecule has 0 aromatic carbocycles. The summed E-state index contributed by atoms with van der Waals surface area (Å²) in [5.74, 6) is 0. The standard InChI is InChI=1S/C10H19N3O/c1-2-12-9(14)13-6-4-10(8-13)3-5-11-7-10/h11H,2-8H2,1H3,(H,12,14). The first-order chi connectivity index (χ1) is 6.76. The quantitative estimate of drug-likeness (QED) is 0.639. The van der Waals surface area contributed by atoms with Gasteiger partial charge in [0, 0.05) is 31.6 Å². The molecule has 2 aliphatic rings. The number of carbonyl (C=O) groups is 1. The van der Waals surface area contributed by atoms with Crippen molar-refractivity contribution in [2.24, 2.45) is 5.41 Å². The van der Waals surface area contributed by atoms with Crippen molar-refractivity contribution in [3.05, 3.63) is 0 Å². The molecular weight excluding hydrogens is 178 g/mol. The Morgan fingerprint density at radius 3 is 3.07 bits per heavy atom. The first kappa shape index (κ1) is 9.77. The van der Waals surface area contributed by atoms with E-state index >= 15 is 0 Å². The molecule has 0 aromatic rings. The Labute approximate surface area is 85.0 Å². The minimum Gasteiger partial charge on any atom is -0.338 e. The Morgan fingerprint density at radius 2 is 2.43 bits per heavy atom. The first-order valence-electron chi connectivity index (χ1n) is 5.49. The van der Waals surface area contributed by atoms with Crippen molar-refractivity contribution in [1.82, 2.24) is 15.5 Å². The zero-order valence-corrected chi connectivity index (χ0v) is 8.81. The van der Waals surface area contributed by atoms with Crippen LogP contribution in [0, 0.1) is 5.41 Å². The highest BCUT2D eigenvalue weighted by Crippen LogP contribution is 2.35. The Morgan fingerprint density at radius 1 is 1.57 bits per heavy atom. The molecule has 2 aliphatic heterocycles. The first-order valence-corrected chi connectivity index (χ1v) is 5.49. The minimum absolute atomic E-state index is 0.108. The predicted octanol–water partition coefficient (Wildman–Crippen LogP) is 0.401. The van der Waals surface area contributed by atoms with E-state index in [1.54, 1.807) is 0 Å². The van der Waals surface area contributed by atoms with Gasteiger partial charge >= 0.3 is 6.03 Å². The van der Waals surface area contributed by atoms with Gasteiger partial charge in [-0.2, -0.15) is 0 Å². The molecule has 0 aromatic heterocycles. The highest BCUT2D eigenvalue weighted by Gasteiger charge is 2.41. The van der Waals surface area contributed by atoms with Gasteiger partial charge in [0.25, 0.3) is 0 Å². The Kier molecular flexibility index (Phi) is 2.63. The van der Waals surface area contributed by atoms with E-state index in [0.717, 1.165) is 39.1 Å². The van der Waals surface area contributed by atoms with E-state index in [1.165, 1.54) is 6.42 Å². The topological polar surface area (TPSA) is 44.4 Å². The summed E-state index contributed by atoms with van der Waals surface area (Å²) in [5, 5.41) is 6.25. The Hall–Kier alpha value is -0.770. The molecule has 1 atom stereocenters. The average molecular weight is 197 g/mol. The van der Waals surface area contributed by atoms with Crippen LogP contribution in [0.15, 0.2) is 0 Å². The molecule has 0 aliphatic carbocycles. The van der Waals surface area contributed by atoms with Crippen molar-refractivity contribution >= 4 is 6.03 Å². The van der Waals surface area contributed by atoms with Crippen LogP contribution in [0.5, 0.6) is 0 Å². The lowest BCUT2D eigenvalue weighted by Gasteiger charge is -2.22. The van der Waals surface area contributed by atoms with E-state index in [9.17, 15) is 4.79 Å². The summed E-state index contributed by atoms with van der Waals surface area (Å²) in [5.41, 5.74) is 0.394. The molecule has 1 unspecified atom stereocenters. The fraction of sp³-hybridized carbons (Fsp3) is 0.900. The molecule has 2 fully saturated rings. The number of hydrogen-bond donors (Lipinski definition) is 2. The maximum Gasteiger partial charge on any atom is 0.317 e. The van der Waals surface area contributed by atoms with Crippen molar-refractivity contribution in [3.63, 3.8) is 0 Å². The largest absolute Gasteiger partial charge is 0.338 e. The third-order valence-corrected chi connectivity index (χ3v) is 3.39. The van der Waals surface area contributed by atoms with E-state index < -0.39 is 0 Å². The zero-order valence-electron chi connectivity index (χ0n) is 8.81. The van der Waals surface area contributed by atoms with Crippen molar-refractivity contribution in [1.29, 1.82) is 0 Å². The Balaban J connectivity index is 1.90. The number of nitrogens with zero attached hydrogens (tertiary/aromatic N) is 1. The van der Waals surface area contributed by atoms with Gasteiger partial charge in [0.05, 0.1) is 0 Å². The molecule has 4 nitrogen and oxygen atoms in total. The molecule has 0 saturated carbocycles. The van der Waals surface area contributed by atoms with Gasteiger partial charge in [-0.3, -0.25) is 0 Å².